The van der Waals surface area contributed by atoms with E-state index >= 15 is 0 Å². The Hall–Kier alpha value is -1.50. The van der Waals surface area contributed by atoms with E-state index in [4.69, 9.17) is 0 Å². The Morgan fingerprint density at radius 1 is 1.48 bits per heavy atom. The summed E-state index contributed by atoms with van der Waals surface area (Å²) >= 11 is 1.55. The van der Waals surface area contributed by atoms with Gasteiger partial charge in [-0.2, -0.15) is 0 Å². The molecule has 0 aliphatic heterocycles. The Balaban J connectivity index is 2.24. The summed E-state index contributed by atoms with van der Waals surface area (Å²) in [4.78, 5) is 23.8. The summed E-state index contributed by atoms with van der Waals surface area (Å²) in [6.45, 7) is 11.5. The highest BCUT2D eigenvalue weighted by molar-refractivity contribution is 7.18. The second-order valence-corrected chi connectivity index (χ2v) is 7.10. The van der Waals surface area contributed by atoms with Crippen molar-refractivity contribution >= 4 is 21.6 Å². The molecule has 0 radical (unpaired) electrons. The molecule has 126 valence electrons. The number of rotatable bonds is 8. The summed E-state index contributed by atoms with van der Waals surface area (Å²) < 4.78 is 0. The van der Waals surface area contributed by atoms with Crippen LogP contribution in [0.15, 0.2) is 17.4 Å². The third-order valence-electron chi connectivity index (χ3n) is 3.94. The average molecular weight is 335 g/mol. The van der Waals surface area contributed by atoms with E-state index < -0.39 is 0 Å². The lowest BCUT2D eigenvalue weighted by Gasteiger charge is -2.23. The van der Waals surface area contributed by atoms with Crippen LogP contribution in [-0.2, 0) is 6.54 Å². The van der Waals surface area contributed by atoms with Gasteiger partial charge in [-0.25, -0.2) is 4.98 Å². The molecule has 0 aromatic carbocycles. The number of thiophene rings is 1. The van der Waals surface area contributed by atoms with Gasteiger partial charge in [0.05, 0.1) is 18.0 Å². The number of hydrogen-bond donors (Lipinski definition) is 2. The SMILES string of the molecule is C=CCN(Cc1nc2sc(C)c(C)c2c(=O)[nH]1)CC(O)CCC. The van der Waals surface area contributed by atoms with Crippen molar-refractivity contribution in [2.45, 2.75) is 46.3 Å². The number of aliphatic hydroxyl groups excluding tert-OH is 1. The molecule has 0 saturated carbocycles. The molecule has 2 rings (SSSR count). The molecule has 2 heterocycles. The molecule has 23 heavy (non-hydrogen) atoms. The van der Waals surface area contributed by atoms with Crippen LogP contribution in [0.5, 0.6) is 0 Å². The minimum atomic E-state index is -0.373. The van der Waals surface area contributed by atoms with Crippen molar-refractivity contribution in [1.29, 1.82) is 0 Å². The number of nitrogens with one attached hydrogen (secondary N) is 1. The van der Waals surface area contributed by atoms with Crippen LogP contribution in [0.3, 0.4) is 0 Å². The monoisotopic (exact) mass is 335 g/mol. The zero-order chi connectivity index (χ0) is 17.0. The summed E-state index contributed by atoms with van der Waals surface area (Å²) in [5.74, 6) is 0.634. The Labute approximate surface area is 140 Å². The topological polar surface area (TPSA) is 69.2 Å². The molecule has 0 aliphatic carbocycles. The van der Waals surface area contributed by atoms with Gasteiger partial charge in [0.15, 0.2) is 0 Å². The van der Waals surface area contributed by atoms with E-state index in [-0.39, 0.29) is 11.7 Å². The molecule has 0 aliphatic rings. The number of fused-ring (bicyclic) bond motifs is 1. The van der Waals surface area contributed by atoms with Crippen molar-refractivity contribution < 1.29 is 5.11 Å². The van der Waals surface area contributed by atoms with Crippen molar-refractivity contribution in [3.05, 3.63) is 39.3 Å². The maximum Gasteiger partial charge on any atom is 0.259 e. The largest absolute Gasteiger partial charge is 0.392 e. The molecule has 2 aromatic rings. The molecule has 1 unspecified atom stereocenters. The van der Waals surface area contributed by atoms with E-state index in [2.05, 4.69) is 23.5 Å². The highest BCUT2D eigenvalue weighted by Gasteiger charge is 2.15. The van der Waals surface area contributed by atoms with Gasteiger partial charge in [0.1, 0.15) is 10.7 Å². The van der Waals surface area contributed by atoms with Gasteiger partial charge in [-0.1, -0.05) is 19.4 Å². The molecule has 0 amide bonds. The molecule has 2 aromatic heterocycles. The van der Waals surface area contributed by atoms with Crippen molar-refractivity contribution in [3.8, 4) is 0 Å². The summed E-state index contributed by atoms with van der Waals surface area (Å²) in [5.41, 5.74) is 0.922. The second kappa shape index (κ2) is 7.86. The molecule has 6 heteroatoms. The van der Waals surface area contributed by atoms with Gasteiger partial charge in [-0.05, 0) is 25.8 Å². The van der Waals surface area contributed by atoms with Crippen molar-refractivity contribution in [1.82, 2.24) is 14.9 Å². The van der Waals surface area contributed by atoms with E-state index in [9.17, 15) is 9.90 Å². The van der Waals surface area contributed by atoms with Gasteiger partial charge in [-0.15, -0.1) is 17.9 Å². The number of aromatic amines is 1. The van der Waals surface area contributed by atoms with Crippen molar-refractivity contribution in [2.75, 3.05) is 13.1 Å². The maximum atomic E-state index is 12.3. The van der Waals surface area contributed by atoms with Gasteiger partial charge in [0, 0.05) is 18.0 Å². The average Bonchev–Trinajstić information content (AvgIpc) is 2.74. The molecule has 2 N–H and O–H groups in total. The standard InChI is InChI=1S/C17H25N3O2S/c1-5-7-13(21)9-20(8-6-2)10-14-18-16(22)15-11(3)12(4)23-17(15)19-14/h6,13,21H,2,5,7-10H2,1,3-4H3,(H,18,19,22). The highest BCUT2D eigenvalue weighted by Crippen LogP contribution is 2.25. The molecular formula is C17H25N3O2S. The number of aromatic nitrogens is 2. The van der Waals surface area contributed by atoms with Crippen LogP contribution < -0.4 is 5.56 Å². The first-order valence-corrected chi connectivity index (χ1v) is 8.78. The molecule has 0 bridgehead atoms. The Bertz CT molecular complexity index is 735. The first-order chi connectivity index (χ1) is 11.0. The Morgan fingerprint density at radius 3 is 2.87 bits per heavy atom. The summed E-state index contributed by atoms with van der Waals surface area (Å²) in [6, 6.07) is 0. The van der Waals surface area contributed by atoms with Crippen LogP contribution in [0, 0.1) is 13.8 Å². The van der Waals surface area contributed by atoms with Crippen LogP contribution in [0.4, 0.5) is 0 Å². The third-order valence-corrected chi connectivity index (χ3v) is 5.04. The van der Waals surface area contributed by atoms with Gasteiger partial charge in [0.25, 0.3) is 5.56 Å². The third kappa shape index (κ3) is 4.28. The lowest BCUT2D eigenvalue weighted by molar-refractivity contribution is 0.106. The molecule has 5 nitrogen and oxygen atoms in total. The van der Waals surface area contributed by atoms with Gasteiger partial charge in [0.2, 0.25) is 0 Å². The normalized spacial score (nSPS) is 12.9. The van der Waals surface area contributed by atoms with Gasteiger partial charge < -0.3 is 10.1 Å². The van der Waals surface area contributed by atoms with Crippen LogP contribution in [-0.4, -0.2) is 39.2 Å². The Morgan fingerprint density at radius 2 is 2.22 bits per heavy atom. The van der Waals surface area contributed by atoms with E-state index in [0.717, 1.165) is 28.1 Å². The van der Waals surface area contributed by atoms with Crippen LogP contribution in [0.1, 0.15) is 36.0 Å². The molecule has 0 fully saturated rings. The molecular weight excluding hydrogens is 310 g/mol. The van der Waals surface area contributed by atoms with Crippen LogP contribution >= 0.6 is 11.3 Å². The molecule has 1 atom stereocenters. The summed E-state index contributed by atoms with van der Waals surface area (Å²) in [5, 5.41) is 10.7. The van der Waals surface area contributed by atoms with Gasteiger partial charge >= 0.3 is 0 Å². The lowest BCUT2D eigenvalue weighted by atomic mass is 10.2. The Kier molecular flexibility index (Phi) is 6.10. The summed E-state index contributed by atoms with van der Waals surface area (Å²) in [7, 11) is 0. The quantitative estimate of drug-likeness (QED) is 0.728. The lowest BCUT2D eigenvalue weighted by Crippen LogP contribution is -2.33. The number of H-pyrrole nitrogens is 1. The minimum Gasteiger partial charge on any atom is -0.392 e. The first-order valence-electron chi connectivity index (χ1n) is 7.96. The highest BCUT2D eigenvalue weighted by atomic mass is 32.1. The summed E-state index contributed by atoms with van der Waals surface area (Å²) in [6.07, 6.45) is 3.13. The van der Waals surface area contributed by atoms with Crippen LogP contribution in [0.25, 0.3) is 10.2 Å². The van der Waals surface area contributed by atoms with E-state index in [1.807, 2.05) is 18.7 Å². The number of aliphatic hydroxyl groups is 1. The predicted octanol–water partition coefficient (Wildman–Crippen LogP) is 2.75. The fraction of sp³-hybridized carbons (Fsp3) is 0.529. The maximum absolute atomic E-state index is 12.3. The van der Waals surface area contributed by atoms with Gasteiger partial charge in [-0.3, -0.25) is 9.69 Å². The van der Waals surface area contributed by atoms with E-state index in [1.54, 1.807) is 17.4 Å². The van der Waals surface area contributed by atoms with Crippen molar-refractivity contribution in [3.63, 3.8) is 0 Å². The number of aryl methyl sites for hydroxylation is 2. The fourth-order valence-electron chi connectivity index (χ4n) is 2.69. The van der Waals surface area contributed by atoms with Crippen molar-refractivity contribution in [2.24, 2.45) is 0 Å². The predicted molar refractivity (Wildman–Crippen MR) is 96.1 cm³/mol. The van der Waals surface area contributed by atoms with E-state index in [0.29, 0.717) is 30.8 Å². The minimum absolute atomic E-state index is 0.0838. The second-order valence-electron chi connectivity index (χ2n) is 5.90. The smallest absolute Gasteiger partial charge is 0.259 e. The fourth-order valence-corrected chi connectivity index (χ4v) is 3.74. The zero-order valence-electron chi connectivity index (χ0n) is 14.1. The number of hydrogen-bond acceptors (Lipinski definition) is 5. The van der Waals surface area contributed by atoms with E-state index in [1.165, 1.54) is 0 Å². The zero-order valence-corrected chi connectivity index (χ0v) is 14.9. The van der Waals surface area contributed by atoms with Crippen LogP contribution in [0.2, 0.25) is 0 Å². The number of nitrogens with zero attached hydrogens (tertiary/aromatic N) is 2. The molecule has 0 spiro atoms. The molecule has 0 saturated heterocycles. The first kappa shape index (κ1) is 17.8.